The maximum atomic E-state index is 12.4. The van der Waals surface area contributed by atoms with Crippen LogP contribution in [0.25, 0.3) is 0 Å². The van der Waals surface area contributed by atoms with Crippen LogP contribution >= 0.6 is 11.3 Å². The molecule has 0 saturated carbocycles. The minimum atomic E-state index is -4.58. The fraction of sp³-hybridized carbons (Fsp3) is 0.182. The normalized spacial score (nSPS) is 11.4. The maximum Gasteiger partial charge on any atom is 0.445 e. The predicted molar refractivity (Wildman–Crippen MR) is 65.8 cm³/mol. The third kappa shape index (κ3) is 3.05. The van der Waals surface area contributed by atoms with E-state index in [0.29, 0.717) is 5.69 Å². The first-order chi connectivity index (χ1) is 9.27. The first-order valence-corrected chi connectivity index (χ1v) is 6.08. The molecule has 0 amide bonds. The number of hydrogen-bond donors (Lipinski definition) is 1. The van der Waals surface area contributed by atoms with Crippen LogP contribution in [0.3, 0.4) is 0 Å². The number of benzene rings is 1. The van der Waals surface area contributed by atoms with E-state index in [1.807, 2.05) is 0 Å². The van der Waals surface area contributed by atoms with Crippen LogP contribution in [0, 0.1) is 0 Å². The van der Waals surface area contributed by atoms with Gasteiger partial charge in [-0.05, 0) is 25.1 Å². The van der Waals surface area contributed by atoms with Crippen LogP contribution in [-0.2, 0) is 6.18 Å². The number of alkyl halides is 3. The number of nitrogens with two attached hydrogens (primary N) is 1. The highest BCUT2D eigenvalue weighted by molar-refractivity contribution is 7.13. The molecule has 0 aliphatic heterocycles. The van der Waals surface area contributed by atoms with Crippen molar-refractivity contribution in [2.45, 2.75) is 13.1 Å². The van der Waals surface area contributed by atoms with Crippen LogP contribution < -0.4 is 10.5 Å². The lowest BCUT2D eigenvalue weighted by Gasteiger charge is -2.07. The van der Waals surface area contributed by atoms with Gasteiger partial charge < -0.3 is 10.5 Å². The number of anilines is 1. The number of nitrogen functional groups attached to an aromatic ring is 1. The number of ether oxygens (including phenoxy) is 1. The summed E-state index contributed by atoms with van der Waals surface area (Å²) in [7, 11) is 0. The van der Waals surface area contributed by atoms with Gasteiger partial charge in [0.25, 0.3) is 5.19 Å². The third-order valence-corrected chi connectivity index (χ3v) is 3.08. The van der Waals surface area contributed by atoms with E-state index in [4.69, 9.17) is 10.5 Å². The first-order valence-electron chi connectivity index (χ1n) is 5.26. The number of halogens is 3. The highest BCUT2D eigenvalue weighted by Crippen LogP contribution is 2.36. The molecule has 1 aromatic carbocycles. The molecule has 1 aromatic heterocycles. The molecule has 106 valence electrons. The second-order valence-corrected chi connectivity index (χ2v) is 4.72. The van der Waals surface area contributed by atoms with Gasteiger partial charge in [0.05, 0.1) is 5.56 Å². The fourth-order valence-corrected chi connectivity index (χ4v) is 1.95. The van der Waals surface area contributed by atoms with Crippen molar-refractivity contribution in [3.8, 4) is 10.9 Å². The number of ketones is 1. The predicted octanol–water partition coefficient (Wildman–Crippen LogP) is 3.13. The quantitative estimate of drug-likeness (QED) is 0.696. The summed E-state index contributed by atoms with van der Waals surface area (Å²) in [5.41, 5.74) is 6.04. The molecule has 0 radical (unpaired) electrons. The number of hydrogen-bond acceptors (Lipinski definition) is 6. The summed E-state index contributed by atoms with van der Waals surface area (Å²) < 4.78 is 42.3. The van der Waals surface area contributed by atoms with Gasteiger partial charge in [0, 0.05) is 5.69 Å². The molecule has 0 spiro atoms. The smallest absolute Gasteiger partial charge is 0.429 e. The Morgan fingerprint density at radius 2 is 2.05 bits per heavy atom. The van der Waals surface area contributed by atoms with E-state index in [-0.39, 0.29) is 33.6 Å². The highest BCUT2D eigenvalue weighted by atomic mass is 32.1. The maximum absolute atomic E-state index is 12.4. The zero-order valence-corrected chi connectivity index (χ0v) is 10.9. The van der Waals surface area contributed by atoms with Crippen molar-refractivity contribution in [3.05, 3.63) is 28.8 Å². The van der Waals surface area contributed by atoms with Crippen molar-refractivity contribution in [3.63, 3.8) is 0 Å². The van der Waals surface area contributed by atoms with Crippen LogP contribution in [0.2, 0.25) is 0 Å². The Bertz CT molecular complexity index is 655. The molecular formula is C11H8F3N3O2S. The van der Waals surface area contributed by atoms with E-state index >= 15 is 0 Å². The average molecular weight is 303 g/mol. The molecule has 2 N–H and O–H groups in total. The van der Waals surface area contributed by atoms with Crippen molar-refractivity contribution in [2.75, 3.05) is 5.73 Å². The summed E-state index contributed by atoms with van der Waals surface area (Å²) in [4.78, 5) is 11.4. The second-order valence-electron chi connectivity index (χ2n) is 3.78. The largest absolute Gasteiger partial charge is 0.445 e. The van der Waals surface area contributed by atoms with Crippen molar-refractivity contribution >= 4 is 22.8 Å². The van der Waals surface area contributed by atoms with Gasteiger partial charge in [-0.3, -0.25) is 4.79 Å². The molecule has 1 heterocycles. The van der Waals surface area contributed by atoms with Gasteiger partial charge in [-0.25, -0.2) is 0 Å². The van der Waals surface area contributed by atoms with Crippen LogP contribution in [0.5, 0.6) is 10.9 Å². The molecule has 0 saturated heterocycles. The van der Waals surface area contributed by atoms with Crippen LogP contribution in [0.4, 0.5) is 18.9 Å². The number of rotatable bonds is 3. The zero-order chi connectivity index (χ0) is 14.9. The molecule has 0 atom stereocenters. The molecule has 2 rings (SSSR count). The number of aromatic nitrogens is 2. The van der Waals surface area contributed by atoms with E-state index < -0.39 is 11.2 Å². The van der Waals surface area contributed by atoms with Crippen LogP contribution in [-0.4, -0.2) is 16.0 Å². The van der Waals surface area contributed by atoms with Crippen LogP contribution in [0.1, 0.15) is 22.3 Å². The summed E-state index contributed by atoms with van der Waals surface area (Å²) in [6, 6.07) is 4.23. The lowest BCUT2D eigenvalue weighted by atomic mass is 10.1. The molecule has 0 bridgehead atoms. The van der Waals surface area contributed by atoms with Crippen molar-refractivity contribution in [1.82, 2.24) is 10.2 Å². The molecule has 0 fully saturated rings. The number of nitrogens with zero attached hydrogens (tertiary/aromatic N) is 2. The Morgan fingerprint density at radius 3 is 2.60 bits per heavy atom. The van der Waals surface area contributed by atoms with Crippen molar-refractivity contribution < 1.29 is 22.7 Å². The Balaban J connectivity index is 2.31. The lowest BCUT2D eigenvalue weighted by Crippen LogP contribution is -2.03. The molecular weight excluding hydrogens is 295 g/mol. The Labute approximate surface area is 115 Å². The lowest BCUT2D eigenvalue weighted by molar-refractivity contribution is -0.138. The second kappa shape index (κ2) is 5.08. The minimum absolute atomic E-state index is 0.0802. The average Bonchev–Trinajstić information content (AvgIpc) is 2.79. The fourth-order valence-electron chi connectivity index (χ4n) is 1.37. The van der Waals surface area contributed by atoms with Crippen molar-refractivity contribution in [1.29, 1.82) is 0 Å². The van der Waals surface area contributed by atoms with E-state index in [2.05, 4.69) is 10.2 Å². The van der Waals surface area contributed by atoms with Gasteiger partial charge in [-0.1, -0.05) is 16.4 Å². The van der Waals surface area contributed by atoms with E-state index in [1.54, 1.807) is 0 Å². The van der Waals surface area contributed by atoms with Gasteiger partial charge in [0.1, 0.15) is 5.75 Å². The summed E-state index contributed by atoms with van der Waals surface area (Å²) in [6.07, 6.45) is -4.58. The van der Waals surface area contributed by atoms with Gasteiger partial charge in [0.15, 0.2) is 5.78 Å². The van der Waals surface area contributed by atoms with E-state index in [9.17, 15) is 18.0 Å². The van der Waals surface area contributed by atoms with Gasteiger partial charge in [-0.15, -0.1) is 5.10 Å². The van der Waals surface area contributed by atoms with Gasteiger partial charge in [-0.2, -0.15) is 13.2 Å². The molecule has 5 nitrogen and oxygen atoms in total. The molecule has 0 unspecified atom stereocenters. The summed E-state index contributed by atoms with van der Waals surface area (Å²) in [5, 5.41) is 4.85. The summed E-state index contributed by atoms with van der Waals surface area (Å²) >= 11 is 0.247. The van der Waals surface area contributed by atoms with Crippen molar-refractivity contribution in [2.24, 2.45) is 0 Å². The molecule has 0 aliphatic rings. The summed E-state index contributed by atoms with van der Waals surface area (Å²) in [6.45, 7) is 1.29. The van der Waals surface area contributed by atoms with E-state index in [0.717, 1.165) is 0 Å². The SMILES string of the molecule is CC(=O)c1cc(N)ccc1Oc1nnc(C(F)(F)F)s1. The first kappa shape index (κ1) is 14.3. The van der Waals surface area contributed by atoms with Gasteiger partial charge >= 0.3 is 6.18 Å². The topological polar surface area (TPSA) is 78.1 Å². The Hall–Kier alpha value is -2.16. The molecule has 2 aromatic rings. The summed E-state index contributed by atoms with van der Waals surface area (Å²) in [5.74, 6) is -0.246. The monoisotopic (exact) mass is 303 g/mol. The number of carbonyl (C=O) groups excluding carboxylic acids is 1. The standard InChI is InChI=1S/C11H8F3N3O2S/c1-5(18)7-4-6(15)2-3-8(7)19-10-17-16-9(20-10)11(12,13)14/h2-4H,15H2,1H3. The zero-order valence-electron chi connectivity index (χ0n) is 10.1. The Kier molecular flexibility index (Phi) is 3.62. The molecule has 0 aliphatic carbocycles. The Morgan fingerprint density at radius 1 is 1.35 bits per heavy atom. The highest BCUT2D eigenvalue weighted by Gasteiger charge is 2.36. The third-order valence-electron chi connectivity index (χ3n) is 2.23. The number of Topliss-reactive ketones (excluding diaryl/α,β-unsaturated/α-hetero) is 1. The van der Waals surface area contributed by atoms with E-state index in [1.165, 1.54) is 25.1 Å². The number of carbonyl (C=O) groups is 1. The van der Waals surface area contributed by atoms with Crippen LogP contribution in [0.15, 0.2) is 18.2 Å². The molecule has 20 heavy (non-hydrogen) atoms. The minimum Gasteiger partial charge on any atom is -0.429 e. The molecule has 9 heteroatoms. The van der Waals surface area contributed by atoms with Gasteiger partial charge in [0.2, 0.25) is 5.01 Å².